The van der Waals surface area contributed by atoms with Crippen molar-refractivity contribution < 1.29 is 80.2 Å². The van der Waals surface area contributed by atoms with Crippen LogP contribution in [0.2, 0.25) is 0 Å². The van der Waals surface area contributed by atoms with E-state index in [1.54, 1.807) is 0 Å². The van der Waals surface area contributed by atoms with Crippen LogP contribution in [0.5, 0.6) is 0 Å². The van der Waals surface area contributed by atoms with Gasteiger partial charge in [-0.3, -0.25) is 37.3 Å². The van der Waals surface area contributed by atoms with Crippen molar-refractivity contribution in [3.8, 4) is 0 Å². The molecule has 0 saturated heterocycles. The Balaban J connectivity index is 5.43. The summed E-state index contributed by atoms with van der Waals surface area (Å²) in [6, 6.07) is 0. The molecule has 0 aliphatic rings. The molecule has 0 rings (SSSR count). The predicted molar refractivity (Wildman–Crippen MR) is 426 cm³/mol. The van der Waals surface area contributed by atoms with Gasteiger partial charge in [0.25, 0.3) is 0 Å². The molecule has 0 aliphatic carbocycles. The van der Waals surface area contributed by atoms with Gasteiger partial charge in [0.05, 0.1) is 26.4 Å². The molecule has 0 radical (unpaired) electrons. The molecule has 104 heavy (non-hydrogen) atoms. The normalized spacial score (nSPS) is 14.8. The van der Waals surface area contributed by atoms with E-state index in [0.29, 0.717) is 32.1 Å². The van der Waals surface area contributed by atoms with E-state index < -0.39 is 97.5 Å². The second-order valence-electron chi connectivity index (χ2n) is 25.5. The maximum atomic E-state index is 13.1. The Labute approximate surface area is 629 Å². The molecule has 5 atom stereocenters. The molecule has 17 nitrogen and oxygen atoms in total. The number of carbonyl (C=O) groups excluding carboxylic acids is 4. The first kappa shape index (κ1) is 98.4. The summed E-state index contributed by atoms with van der Waals surface area (Å²) >= 11 is 0. The summed E-state index contributed by atoms with van der Waals surface area (Å²) in [6.07, 6.45) is 89.2. The number of esters is 4. The highest BCUT2D eigenvalue weighted by molar-refractivity contribution is 7.47. The van der Waals surface area contributed by atoms with Crippen LogP contribution in [0.4, 0.5) is 0 Å². The molecule has 0 fully saturated rings. The molecule has 19 heteroatoms. The van der Waals surface area contributed by atoms with Crippen molar-refractivity contribution >= 4 is 39.5 Å². The minimum atomic E-state index is -5.01. The monoisotopic (exact) mass is 1490 g/mol. The third-order valence-corrected chi connectivity index (χ3v) is 17.6. The van der Waals surface area contributed by atoms with E-state index in [-0.39, 0.29) is 25.7 Å². The fraction of sp³-hybridized carbons (Fsp3) is 0.624. The lowest BCUT2D eigenvalue weighted by molar-refractivity contribution is -0.161. The number of phosphoric ester groups is 2. The topological polar surface area (TPSA) is 237 Å². The van der Waals surface area contributed by atoms with E-state index in [9.17, 15) is 43.2 Å². The first-order chi connectivity index (χ1) is 50.7. The van der Waals surface area contributed by atoms with Crippen LogP contribution < -0.4 is 0 Å². The molecular weight excluding hydrogens is 1350 g/mol. The number of unbranched alkanes of at least 4 members (excludes halogenated alkanes) is 18. The molecule has 0 aliphatic heterocycles. The quantitative estimate of drug-likeness (QED) is 0.0169. The maximum Gasteiger partial charge on any atom is 0.472 e. The van der Waals surface area contributed by atoms with Gasteiger partial charge in [-0.1, -0.05) is 268 Å². The molecular formula is C85H138O17P2. The number of aliphatic hydroxyl groups is 1. The highest BCUT2D eigenvalue weighted by Gasteiger charge is 2.30. The molecule has 3 N–H and O–H groups in total. The molecule has 0 heterocycles. The number of hydrogen-bond donors (Lipinski definition) is 3. The van der Waals surface area contributed by atoms with Crippen molar-refractivity contribution in [1.29, 1.82) is 0 Å². The van der Waals surface area contributed by atoms with Crippen LogP contribution in [-0.2, 0) is 65.4 Å². The van der Waals surface area contributed by atoms with Crippen molar-refractivity contribution in [2.45, 2.75) is 303 Å². The summed E-state index contributed by atoms with van der Waals surface area (Å²) in [5, 5.41) is 10.6. The Morgan fingerprint density at radius 3 is 0.817 bits per heavy atom. The number of hydrogen-bond acceptors (Lipinski definition) is 15. The van der Waals surface area contributed by atoms with Crippen molar-refractivity contribution in [1.82, 2.24) is 0 Å². The van der Waals surface area contributed by atoms with Crippen molar-refractivity contribution in [3.05, 3.63) is 170 Å². The zero-order chi connectivity index (χ0) is 76.0. The van der Waals surface area contributed by atoms with Gasteiger partial charge in [-0.2, -0.15) is 0 Å². The highest BCUT2D eigenvalue weighted by Crippen LogP contribution is 2.45. The van der Waals surface area contributed by atoms with E-state index in [0.717, 1.165) is 186 Å². The fourth-order valence-electron chi connectivity index (χ4n) is 9.75. The van der Waals surface area contributed by atoms with Crippen LogP contribution in [0.3, 0.4) is 0 Å². The van der Waals surface area contributed by atoms with Crippen LogP contribution in [0, 0.1) is 0 Å². The minimum Gasteiger partial charge on any atom is -0.462 e. The number of aliphatic hydroxyl groups excluding tert-OH is 1. The third-order valence-electron chi connectivity index (χ3n) is 15.7. The number of phosphoric acid groups is 2. The number of allylic oxidation sites excluding steroid dienone is 28. The second kappa shape index (κ2) is 75.6. The molecule has 0 aromatic carbocycles. The summed E-state index contributed by atoms with van der Waals surface area (Å²) < 4.78 is 68.5. The Hall–Kier alpha value is -5.58. The average molecular weight is 1490 g/mol. The number of carbonyl (C=O) groups is 4. The van der Waals surface area contributed by atoms with Crippen molar-refractivity contribution in [3.63, 3.8) is 0 Å². The lowest BCUT2D eigenvalue weighted by Crippen LogP contribution is -2.30. The van der Waals surface area contributed by atoms with E-state index in [2.05, 4.69) is 186 Å². The van der Waals surface area contributed by atoms with Crippen molar-refractivity contribution in [2.24, 2.45) is 0 Å². The van der Waals surface area contributed by atoms with Crippen LogP contribution in [0.15, 0.2) is 170 Å². The summed E-state index contributed by atoms with van der Waals surface area (Å²) in [5.41, 5.74) is 0. The van der Waals surface area contributed by atoms with Gasteiger partial charge in [-0.25, -0.2) is 9.13 Å². The SMILES string of the molecule is CC/C=C\C/C=C\C/C=C\C/C=C\C/C=C\CCCC(=O)OC(COC(=O)CCCCCCCC/C=C\C/C=C\C/C=C\C/C=C\CC)COP(=O)(O)OCC(O)COP(=O)(O)OCC(COC(=O)CCCCCC/C=C\C/C=C\C/C=C\C/C=C\CC)OC(=O)CCCCCCC/C=C\CCCC. The van der Waals surface area contributed by atoms with Crippen LogP contribution in [-0.4, -0.2) is 96.7 Å². The lowest BCUT2D eigenvalue weighted by Gasteiger charge is -2.21. The van der Waals surface area contributed by atoms with Crippen LogP contribution in [0.1, 0.15) is 285 Å². The molecule has 0 bridgehead atoms. The fourth-order valence-corrected chi connectivity index (χ4v) is 11.3. The highest BCUT2D eigenvalue weighted by atomic mass is 31.2. The van der Waals surface area contributed by atoms with Gasteiger partial charge in [0.1, 0.15) is 19.3 Å². The Bertz CT molecular complexity index is 2640. The summed E-state index contributed by atoms with van der Waals surface area (Å²) in [7, 11) is -10.00. The number of rotatable bonds is 72. The van der Waals surface area contributed by atoms with Gasteiger partial charge in [0.2, 0.25) is 0 Å². The van der Waals surface area contributed by atoms with Gasteiger partial charge in [0, 0.05) is 25.7 Å². The molecule has 590 valence electrons. The largest absolute Gasteiger partial charge is 0.472 e. The smallest absolute Gasteiger partial charge is 0.462 e. The molecule has 0 spiro atoms. The van der Waals surface area contributed by atoms with Crippen LogP contribution in [0.25, 0.3) is 0 Å². The predicted octanol–water partition coefficient (Wildman–Crippen LogP) is 23.0. The average Bonchev–Trinajstić information content (AvgIpc) is 0.908. The van der Waals surface area contributed by atoms with E-state index in [1.165, 1.54) is 12.8 Å². The van der Waals surface area contributed by atoms with Crippen molar-refractivity contribution in [2.75, 3.05) is 39.6 Å². The Morgan fingerprint density at radius 2 is 0.510 bits per heavy atom. The Kier molecular flexibility index (Phi) is 71.6. The minimum absolute atomic E-state index is 0.00665. The third kappa shape index (κ3) is 74.7. The van der Waals surface area contributed by atoms with E-state index in [4.69, 9.17) is 37.0 Å². The Morgan fingerprint density at radius 1 is 0.279 bits per heavy atom. The lowest BCUT2D eigenvalue weighted by atomic mass is 10.1. The van der Waals surface area contributed by atoms with Gasteiger partial charge in [0.15, 0.2) is 12.2 Å². The molecule has 5 unspecified atom stereocenters. The maximum absolute atomic E-state index is 13.1. The number of ether oxygens (including phenoxy) is 4. The van der Waals surface area contributed by atoms with Gasteiger partial charge >= 0.3 is 39.5 Å². The van der Waals surface area contributed by atoms with Gasteiger partial charge in [-0.05, 0) is 161 Å². The summed E-state index contributed by atoms with van der Waals surface area (Å²) in [4.78, 5) is 72.9. The first-order valence-corrected chi connectivity index (χ1v) is 42.4. The zero-order valence-corrected chi connectivity index (χ0v) is 66.2. The van der Waals surface area contributed by atoms with E-state index >= 15 is 0 Å². The molecule has 0 aromatic heterocycles. The zero-order valence-electron chi connectivity index (χ0n) is 64.4. The molecule has 0 amide bonds. The second-order valence-corrected chi connectivity index (χ2v) is 28.4. The summed E-state index contributed by atoms with van der Waals surface area (Å²) in [6.45, 7) is 4.35. The molecule has 0 saturated carbocycles. The molecule has 0 aromatic rings. The van der Waals surface area contributed by atoms with Gasteiger partial charge in [-0.15, -0.1) is 0 Å². The van der Waals surface area contributed by atoms with E-state index in [1.807, 2.05) is 12.2 Å². The standard InChI is InChI=1S/C85H138O17P2/c1-5-9-13-17-21-25-29-32-35-38-39-42-44-47-51-54-58-62-66-70-83(88)96-76-81(102-85(90)72-68-64-60-56-52-48-45-41-37-34-31-27-23-19-15-11-7-3)78-100-104(93,94)98-74-79(86)73-97-103(91,92)99-77-80(101-84(89)71-67-63-59-55-49-28-24-20-16-12-8-4)75-95-82(87)69-65-61-57-53-50-46-43-40-36-33-30-26-22-18-14-10-6-2/h9-11,13-15,20-27,32-37,39,42-43,45-46,48,56,60,79-81,86H,5-8,12,16-19,28-31,38,40-41,44,47,49-55,57-59,61-78H2,1-4H3,(H,91,92)(H,93,94)/b13-9-,14-10-,15-11-,24-20-,25-21-,26-22-,27-23-,35-32-,36-33-,37-34-,42-39-,46-43-,48-45-,60-56-. The van der Waals surface area contributed by atoms with Gasteiger partial charge < -0.3 is 33.8 Å². The van der Waals surface area contributed by atoms with Crippen LogP contribution >= 0.6 is 15.6 Å². The summed E-state index contributed by atoms with van der Waals surface area (Å²) in [5.74, 6) is -2.31. The first-order valence-electron chi connectivity index (χ1n) is 39.4.